The van der Waals surface area contributed by atoms with Gasteiger partial charge in [0.1, 0.15) is 28.6 Å². The Morgan fingerprint density at radius 1 is 1.11 bits per heavy atom. The zero-order chi connectivity index (χ0) is 27.6. The number of phenolic OH excluding ortho intramolecular Hbond substituents is 1. The Balaban J connectivity index is 1.85. The molecule has 3 heterocycles. The molecule has 0 aliphatic carbocycles. The minimum absolute atomic E-state index is 0.0857. The number of carbonyl (C=O) groups excluding carboxylic acids is 2. The van der Waals surface area contributed by atoms with Crippen molar-refractivity contribution in [3.8, 4) is 5.75 Å². The number of phenols is 1. The molecule has 0 spiro atoms. The number of para-hydroxylation sites is 1. The number of hydrogen-bond donors (Lipinski definition) is 1. The number of halogens is 4. The lowest BCUT2D eigenvalue weighted by molar-refractivity contribution is -0.126. The highest BCUT2D eigenvalue weighted by Gasteiger charge is 2.39. The van der Waals surface area contributed by atoms with Gasteiger partial charge in [-0.05, 0) is 30.7 Å². The molecule has 38 heavy (non-hydrogen) atoms. The molecule has 0 bridgehead atoms. The third-order valence-corrected chi connectivity index (χ3v) is 6.49. The zero-order valence-electron chi connectivity index (χ0n) is 20.6. The van der Waals surface area contributed by atoms with Crippen molar-refractivity contribution in [1.82, 2.24) is 14.9 Å². The number of rotatable bonds is 7. The van der Waals surface area contributed by atoms with Gasteiger partial charge in [0.15, 0.2) is 12.1 Å². The summed E-state index contributed by atoms with van der Waals surface area (Å²) in [6.45, 7) is 5.75. The molecular formula is C25H26F4N6O3. The Morgan fingerprint density at radius 3 is 2.32 bits per heavy atom. The van der Waals surface area contributed by atoms with Crippen LogP contribution in [0.2, 0.25) is 0 Å². The average molecular weight is 535 g/mol. The number of allylic oxidation sites excluding steroid dienone is 1. The fourth-order valence-electron chi connectivity index (χ4n) is 4.32. The van der Waals surface area contributed by atoms with E-state index in [9.17, 15) is 32.3 Å². The molecule has 2 aromatic rings. The molecule has 2 saturated heterocycles. The lowest BCUT2D eigenvalue weighted by Gasteiger charge is -2.37. The molecule has 0 unspecified atom stereocenters. The van der Waals surface area contributed by atoms with Crippen LogP contribution in [0.25, 0.3) is 6.08 Å². The van der Waals surface area contributed by atoms with Gasteiger partial charge in [0.2, 0.25) is 11.9 Å². The molecule has 1 aromatic heterocycles. The average Bonchev–Trinajstić information content (AvgIpc) is 2.85. The minimum atomic E-state index is -5.01. The molecular weight excluding hydrogens is 508 g/mol. The fourth-order valence-corrected chi connectivity index (χ4v) is 4.32. The van der Waals surface area contributed by atoms with Gasteiger partial charge in [0, 0.05) is 51.9 Å². The van der Waals surface area contributed by atoms with Crippen LogP contribution in [0, 0.1) is 5.82 Å². The van der Waals surface area contributed by atoms with Crippen molar-refractivity contribution in [2.24, 2.45) is 0 Å². The van der Waals surface area contributed by atoms with Gasteiger partial charge in [0.25, 0.3) is 0 Å². The van der Waals surface area contributed by atoms with Crippen LogP contribution in [-0.4, -0.2) is 84.7 Å². The fraction of sp³-hybridized carbons (Fsp3) is 0.360. The Labute approximate surface area is 216 Å². The largest absolute Gasteiger partial charge is 0.506 e. The van der Waals surface area contributed by atoms with Crippen molar-refractivity contribution in [3.05, 3.63) is 53.6 Å². The summed E-state index contributed by atoms with van der Waals surface area (Å²) in [7, 11) is 0.965. The molecule has 202 valence electrons. The summed E-state index contributed by atoms with van der Waals surface area (Å²) in [5, 5.41) is 10.1. The molecule has 2 aliphatic rings. The van der Waals surface area contributed by atoms with Crippen LogP contribution in [-0.2, 0) is 4.79 Å². The van der Waals surface area contributed by atoms with Crippen molar-refractivity contribution in [1.29, 1.82) is 0 Å². The van der Waals surface area contributed by atoms with Crippen molar-refractivity contribution in [2.45, 2.75) is 12.6 Å². The van der Waals surface area contributed by atoms with E-state index in [0.717, 1.165) is 25.6 Å². The van der Waals surface area contributed by atoms with Gasteiger partial charge in [0.05, 0.1) is 0 Å². The van der Waals surface area contributed by atoms with Gasteiger partial charge in [-0.15, -0.1) is 0 Å². The monoisotopic (exact) mass is 534 g/mol. The Bertz CT molecular complexity index is 1250. The van der Waals surface area contributed by atoms with E-state index in [4.69, 9.17) is 0 Å². The Kier molecular flexibility index (Phi) is 7.56. The molecule has 13 heteroatoms. The second-order valence-corrected chi connectivity index (χ2v) is 8.81. The highest BCUT2D eigenvalue weighted by molar-refractivity contribution is 5.88. The maximum Gasteiger partial charge on any atom is 0.431 e. The number of alkyl halides is 3. The highest BCUT2D eigenvalue weighted by Crippen LogP contribution is 2.39. The van der Waals surface area contributed by atoms with E-state index in [-0.39, 0.29) is 55.1 Å². The van der Waals surface area contributed by atoms with Crippen molar-refractivity contribution in [3.63, 3.8) is 0 Å². The predicted molar refractivity (Wildman–Crippen MR) is 134 cm³/mol. The van der Waals surface area contributed by atoms with E-state index in [1.165, 1.54) is 12.1 Å². The third kappa shape index (κ3) is 5.27. The first-order chi connectivity index (χ1) is 18.0. The lowest BCUT2D eigenvalue weighted by Crippen LogP contribution is -2.49. The Morgan fingerprint density at radius 2 is 1.79 bits per heavy atom. The normalized spacial score (nSPS) is 16.2. The highest BCUT2D eigenvalue weighted by atomic mass is 19.4. The smallest absolute Gasteiger partial charge is 0.431 e. The minimum Gasteiger partial charge on any atom is -0.506 e. The second kappa shape index (κ2) is 10.7. The van der Waals surface area contributed by atoms with E-state index in [1.54, 1.807) is 14.7 Å². The summed E-state index contributed by atoms with van der Waals surface area (Å²) in [6, 6.07) is 3.16. The lowest BCUT2D eigenvalue weighted by atomic mass is 10.1. The standard InChI is InChI=1S/C25H26F4N6O3/c1-3-21(38)33-10-12-34(13-11-33)23-16(18(15-36)30-24(31-23)35-8-5-9-35)14-20(25(27,28)29)32(2)22-17(26)6-4-7-19(22)37/h3-4,6-7,14-15,37H,1,5,8-13H2,2H3/b20-14-. The van der Waals surface area contributed by atoms with Gasteiger partial charge in [-0.3, -0.25) is 9.59 Å². The molecule has 2 aliphatic heterocycles. The zero-order valence-corrected chi connectivity index (χ0v) is 20.6. The molecule has 1 N–H and O–H groups in total. The van der Waals surface area contributed by atoms with Crippen LogP contribution in [0.5, 0.6) is 5.75 Å². The van der Waals surface area contributed by atoms with Gasteiger partial charge in [-0.25, -0.2) is 9.37 Å². The number of benzene rings is 1. The summed E-state index contributed by atoms with van der Waals surface area (Å²) in [6.07, 6.45) is -1.90. The summed E-state index contributed by atoms with van der Waals surface area (Å²) in [5.74, 6) is -1.73. The SMILES string of the molecule is C=CC(=O)N1CCN(c2nc(N3CCC3)nc(C=O)c2/C=C(\N(C)c2c(O)cccc2F)C(F)(F)F)CC1. The third-order valence-electron chi connectivity index (χ3n) is 6.49. The number of amides is 1. The van der Waals surface area contributed by atoms with Crippen molar-refractivity contribution < 1.29 is 32.3 Å². The van der Waals surface area contributed by atoms with E-state index >= 15 is 0 Å². The number of aldehydes is 1. The number of hydrogen-bond acceptors (Lipinski definition) is 8. The maximum absolute atomic E-state index is 14.5. The van der Waals surface area contributed by atoms with E-state index in [1.807, 2.05) is 0 Å². The van der Waals surface area contributed by atoms with Crippen LogP contribution in [0.1, 0.15) is 22.5 Å². The molecule has 1 aromatic carbocycles. The van der Waals surface area contributed by atoms with Crippen LogP contribution < -0.4 is 14.7 Å². The van der Waals surface area contributed by atoms with Gasteiger partial charge < -0.3 is 24.7 Å². The first-order valence-corrected chi connectivity index (χ1v) is 11.8. The van der Waals surface area contributed by atoms with Crippen molar-refractivity contribution >= 4 is 35.7 Å². The molecule has 9 nitrogen and oxygen atoms in total. The first-order valence-electron chi connectivity index (χ1n) is 11.8. The number of anilines is 3. The Hall–Kier alpha value is -4.16. The topological polar surface area (TPSA) is 93.1 Å². The second-order valence-electron chi connectivity index (χ2n) is 8.81. The summed E-state index contributed by atoms with van der Waals surface area (Å²) in [4.78, 5) is 38.3. The first kappa shape index (κ1) is 26.9. The van der Waals surface area contributed by atoms with E-state index in [2.05, 4.69) is 16.5 Å². The molecule has 2 fully saturated rings. The van der Waals surface area contributed by atoms with E-state index < -0.39 is 29.1 Å². The van der Waals surface area contributed by atoms with Crippen LogP contribution in [0.15, 0.2) is 36.6 Å². The number of piperazine rings is 1. The summed E-state index contributed by atoms with van der Waals surface area (Å²) < 4.78 is 57.5. The number of nitrogens with zero attached hydrogens (tertiary/aromatic N) is 6. The molecule has 0 atom stereocenters. The molecule has 0 radical (unpaired) electrons. The summed E-state index contributed by atoms with van der Waals surface area (Å²) >= 11 is 0. The van der Waals surface area contributed by atoms with Crippen LogP contribution in [0.3, 0.4) is 0 Å². The maximum atomic E-state index is 14.5. The van der Waals surface area contributed by atoms with Crippen LogP contribution in [0.4, 0.5) is 35.0 Å². The van der Waals surface area contributed by atoms with Crippen molar-refractivity contribution in [2.75, 3.05) is 61.0 Å². The number of aromatic nitrogens is 2. The van der Waals surface area contributed by atoms with Crippen LogP contribution >= 0.6 is 0 Å². The van der Waals surface area contributed by atoms with Gasteiger partial charge in [-0.2, -0.15) is 18.2 Å². The molecule has 1 amide bonds. The molecule has 0 saturated carbocycles. The summed E-state index contributed by atoms with van der Waals surface area (Å²) in [5.41, 5.74) is -2.50. The molecule has 4 rings (SSSR count). The van der Waals surface area contributed by atoms with Gasteiger partial charge >= 0.3 is 6.18 Å². The quantitative estimate of drug-likeness (QED) is 0.329. The number of aromatic hydroxyl groups is 1. The van der Waals surface area contributed by atoms with E-state index in [0.29, 0.717) is 30.4 Å². The number of carbonyl (C=O) groups is 2. The van der Waals surface area contributed by atoms with Gasteiger partial charge in [-0.1, -0.05) is 12.6 Å². The predicted octanol–water partition coefficient (Wildman–Crippen LogP) is 3.22.